The van der Waals surface area contributed by atoms with Crippen molar-refractivity contribution >= 4 is 5.84 Å². The number of aliphatic imine (C=N–C) groups is 1. The molecule has 1 aliphatic rings. The number of rotatable bonds is 2. The zero-order chi connectivity index (χ0) is 7.56. The summed E-state index contributed by atoms with van der Waals surface area (Å²) in [7, 11) is 0. The van der Waals surface area contributed by atoms with Gasteiger partial charge < -0.3 is 5.32 Å². The highest BCUT2D eigenvalue weighted by Crippen LogP contribution is 1.94. The standard InChI is InChI=1S/C5H9N3O2/c1-4(8(9)10)5-6-2-3-7-5/h4H,2-3H2,1H3,(H,6,7). The average Bonchev–Trinajstić information content (AvgIpc) is 2.36. The van der Waals surface area contributed by atoms with Crippen LogP contribution in [0.1, 0.15) is 6.92 Å². The van der Waals surface area contributed by atoms with Crippen LogP contribution in [0.25, 0.3) is 0 Å². The smallest absolute Gasteiger partial charge is 0.266 e. The van der Waals surface area contributed by atoms with Gasteiger partial charge in [-0.2, -0.15) is 0 Å². The molecule has 56 valence electrons. The zero-order valence-electron chi connectivity index (χ0n) is 5.70. The van der Waals surface area contributed by atoms with E-state index in [1.807, 2.05) is 0 Å². The van der Waals surface area contributed by atoms with Crippen LogP contribution in [0.2, 0.25) is 0 Å². The van der Waals surface area contributed by atoms with Crippen molar-refractivity contribution in [1.82, 2.24) is 5.32 Å². The van der Waals surface area contributed by atoms with E-state index in [2.05, 4.69) is 10.3 Å². The summed E-state index contributed by atoms with van der Waals surface area (Å²) in [5, 5.41) is 13.0. The van der Waals surface area contributed by atoms with Gasteiger partial charge in [0.1, 0.15) is 0 Å². The van der Waals surface area contributed by atoms with Gasteiger partial charge in [0.15, 0.2) is 5.84 Å². The number of nitro groups is 1. The quantitative estimate of drug-likeness (QED) is 0.424. The largest absolute Gasteiger partial charge is 0.366 e. The molecule has 0 saturated heterocycles. The van der Waals surface area contributed by atoms with Gasteiger partial charge in [-0.3, -0.25) is 15.1 Å². The number of nitrogens with one attached hydrogen (secondary N) is 1. The first kappa shape index (κ1) is 6.98. The Morgan fingerprint density at radius 1 is 1.90 bits per heavy atom. The summed E-state index contributed by atoms with van der Waals surface area (Å²) in [4.78, 5) is 13.7. The Morgan fingerprint density at radius 3 is 3.00 bits per heavy atom. The Hall–Kier alpha value is -1.13. The van der Waals surface area contributed by atoms with E-state index in [0.717, 1.165) is 6.54 Å². The predicted molar refractivity (Wildman–Crippen MR) is 36.8 cm³/mol. The van der Waals surface area contributed by atoms with Crippen LogP contribution in [0.3, 0.4) is 0 Å². The van der Waals surface area contributed by atoms with Crippen LogP contribution < -0.4 is 5.32 Å². The maximum absolute atomic E-state index is 10.2. The van der Waals surface area contributed by atoms with E-state index in [1.54, 1.807) is 0 Å². The lowest BCUT2D eigenvalue weighted by Gasteiger charge is -2.02. The molecule has 0 saturated carbocycles. The third kappa shape index (κ3) is 1.23. The number of nitrogens with zero attached hydrogens (tertiary/aromatic N) is 2. The minimum atomic E-state index is -0.678. The van der Waals surface area contributed by atoms with Gasteiger partial charge in [-0.25, -0.2) is 0 Å². The summed E-state index contributed by atoms with van der Waals surface area (Å²) in [5.74, 6) is 0.505. The van der Waals surface area contributed by atoms with E-state index in [4.69, 9.17) is 0 Å². The van der Waals surface area contributed by atoms with E-state index in [-0.39, 0.29) is 4.92 Å². The molecule has 0 amide bonds. The second-order valence-electron chi connectivity index (χ2n) is 2.16. The van der Waals surface area contributed by atoms with Crippen molar-refractivity contribution in [2.24, 2.45) is 4.99 Å². The van der Waals surface area contributed by atoms with Crippen LogP contribution in [0, 0.1) is 10.1 Å². The number of hydrogen-bond donors (Lipinski definition) is 1. The molecule has 1 rings (SSSR count). The summed E-state index contributed by atoms with van der Waals surface area (Å²) in [5.41, 5.74) is 0. The molecule has 1 unspecified atom stereocenters. The van der Waals surface area contributed by atoms with Crippen molar-refractivity contribution in [3.05, 3.63) is 10.1 Å². The van der Waals surface area contributed by atoms with E-state index in [9.17, 15) is 10.1 Å². The van der Waals surface area contributed by atoms with Crippen molar-refractivity contribution in [2.45, 2.75) is 13.0 Å². The molecule has 5 nitrogen and oxygen atoms in total. The molecule has 0 fully saturated rings. The SMILES string of the molecule is CC(C1=NCCN1)[N+](=O)[O-]. The predicted octanol–water partition coefficient (Wildman–Crippen LogP) is -0.347. The van der Waals surface area contributed by atoms with Crippen molar-refractivity contribution in [3.8, 4) is 0 Å². The van der Waals surface area contributed by atoms with Crippen LogP contribution in [-0.4, -0.2) is 29.9 Å². The monoisotopic (exact) mass is 143 g/mol. The molecule has 10 heavy (non-hydrogen) atoms. The third-order valence-corrected chi connectivity index (χ3v) is 1.41. The van der Waals surface area contributed by atoms with Gasteiger partial charge in [-0.05, 0) is 0 Å². The molecular weight excluding hydrogens is 134 g/mol. The fourth-order valence-electron chi connectivity index (χ4n) is 0.796. The molecule has 0 aliphatic carbocycles. The molecule has 0 radical (unpaired) electrons. The zero-order valence-corrected chi connectivity index (χ0v) is 5.70. The molecule has 0 aromatic heterocycles. The molecule has 0 aromatic carbocycles. The summed E-state index contributed by atoms with van der Waals surface area (Å²) in [6.07, 6.45) is 0. The molecule has 1 heterocycles. The lowest BCUT2D eigenvalue weighted by atomic mass is 10.3. The van der Waals surface area contributed by atoms with Gasteiger partial charge >= 0.3 is 0 Å². The Bertz CT molecular complexity index is 178. The molecule has 0 aromatic rings. The number of hydrogen-bond acceptors (Lipinski definition) is 4. The summed E-state index contributed by atoms with van der Waals surface area (Å²) < 4.78 is 0. The molecular formula is C5H9N3O2. The van der Waals surface area contributed by atoms with E-state index in [0.29, 0.717) is 12.4 Å². The maximum atomic E-state index is 10.2. The highest BCUT2D eigenvalue weighted by atomic mass is 16.6. The third-order valence-electron chi connectivity index (χ3n) is 1.41. The van der Waals surface area contributed by atoms with Crippen molar-refractivity contribution in [3.63, 3.8) is 0 Å². The van der Waals surface area contributed by atoms with Crippen molar-refractivity contribution < 1.29 is 4.92 Å². The van der Waals surface area contributed by atoms with Crippen LogP contribution in [0.5, 0.6) is 0 Å². The molecule has 0 bridgehead atoms. The first-order valence-electron chi connectivity index (χ1n) is 3.13. The van der Waals surface area contributed by atoms with Gasteiger partial charge in [0.2, 0.25) is 0 Å². The van der Waals surface area contributed by atoms with E-state index in [1.165, 1.54) is 6.92 Å². The number of amidine groups is 1. The Morgan fingerprint density at radius 2 is 2.60 bits per heavy atom. The molecule has 1 aliphatic heterocycles. The second-order valence-corrected chi connectivity index (χ2v) is 2.16. The van der Waals surface area contributed by atoms with Gasteiger partial charge in [0.05, 0.1) is 6.54 Å². The Balaban J connectivity index is 2.55. The van der Waals surface area contributed by atoms with Crippen LogP contribution in [0.15, 0.2) is 4.99 Å². The average molecular weight is 143 g/mol. The highest BCUT2D eigenvalue weighted by Gasteiger charge is 2.22. The Kier molecular flexibility index (Phi) is 1.84. The van der Waals surface area contributed by atoms with Crippen molar-refractivity contribution in [2.75, 3.05) is 13.1 Å². The first-order valence-corrected chi connectivity index (χ1v) is 3.13. The summed E-state index contributed by atoms with van der Waals surface area (Å²) in [6.45, 7) is 2.91. The fraction of sp³-hybridized carbons (Fsp3) is 0.800. The van der Waals surface area contributed by atoms with E-state index < -0.39 is 6.04 Å². The van der Waals surface area contributed by atoms with Crippen molar-refractivity contribution in [1.29, 1.82) is 0 Å². The van der Waals surface area contributed by atoms with Gasteiger partial charge in [0.25, 0.3) is 6.04 Å². The molecule has 1 N–H and O–H groups in total. The van der Waals surface area contributed by atoms with Crippen LogP contribution in [-0.2, 0) is 0 Å². The highest BCUT2D eigenvalue weighted by molar-refractivity contribution is 5.87. The van der Waals surface area contributed by atoms with Gasteiger partial charge in [0, 0.05) is 18.4 Å². The van der Waals surface area contributed by atoms with Gasteiger partial charge in [-0.1, -0.05) is 0 Å². The molecule has 1 atom stereocenters. The van der Waals surface area contributed by atoms with E-state index >= 15 is 0 Å². The lowest BCUT2D eigenvalue weighted by molar-refractivity contribution is -0.498. The lowest BCUT2D eigenvalue weighted by Crippen LogP contribution is -2.34. The fourth-order valence-corrected chi connectivity index (χ4v) is 0.796. The summed E-state index contributed by atoms with van der Waals surface area (Å²) in [6, 6.07) is -0.678. The summed E-state index contributed by atoms with van der Waals surface area (Å²) >= 11 is 0. The van der Waals surface area contributed by atoms with Gasteiger partial charge in [-0.15, -0.1) is 0 Å². The second kappa shape index (κ2) is 2.64. The maximum Gasteiger partial charge on any atom is 0.266 e. The molecule has 5 heteroatoms. The topological polar surface area (TPSA) is 67.5 Å². The Labute approximate surface area is 58.3 Å². The van der Waals surface area contributed by atoms with Crippen LogP contribution in [0.4, 0.5) is 0 Å². The molecule has 0 spiro atoms. The van der Waals surface area contributed by atoms with Crippen LogP contribution >= 0.6 is 0 Å². The minimum absolute atomic E-state index is 0.350. The first-order chi connectivity index (χ1) is 4.72. The normalized spacial score (nSPS) is 19.5. The minimum Gasteiger partial charge on any atom is -0.366 e.